The SMILES string of the molecule is CCOc1ccc(-n2c(SCC(=O)N3CCCCC3)nnc2-c2ccccc2)cc1. The lowest BCUT2D eigenvalue weighted by molar-refractivity contribution is -0.129. The van der Waals surface area contributed by atoms with Gasteiger partial charge >= 0.3 is 0 Å². The second-order valence-corrected chi connectivity index (χ2v) is 8.11. The third-order valence-electron chi connectivity index (χ3n) is 5.10. The molecule has 0 atom stereocenters. The number of thioether (sulfide) groups is 1. The molecule has 0 N–H and O–H groups in total. The highest BCUT2D eigenvalue weighted by Gasteiger charge is 2.20. The molecule has 7 heteroatoms. The number of piperidine rings is 1. The van der Waals surface area contributed by atoms with Gasteiger partial charge in [0, 0.05) is 24.3 Å². The lowest BCUT2D eigenvalue weighted by Gasteiger charge is -2.26. The predicted molar refractivity (Wildman–Crippen MR) is 119 cm³/mol. The summed E-state index contributed by atoms with van der Waals surface area (Å²) in [5.41, 5.74) is 1.92. The smallest absolute Gasteiger partial charge is 0.233 e. The van der Waals surface area contributed by atoms with E-state index in [0.717, 1.165) is 48.8 Å². The molecule has 1 aromatic heterocycles. The average molecular weight is 423 g/mol. The molecule has 0 spiro atoms. The van der Waals surface area contributed by atoms with Crippen LogP contribution in [0, 0.1) is 0 Å². The molecule has 1 aliphatic rings. The normalized spacial score (nSPS) is 14.0. The lowest BCUT2D eigenvalue weighted by atomic mass is 10.1. The van der Waals surface area contributed by atoms with Crippen molar-refractivity contribution in [3.63, 3.8) is 0 Å². The van der Waals surface area contributed by atoms with Gasteiger partial charge in [-0.2, -0.15) is 0 Å². The van der Waals surface area contributed by atoms with E-state index in [1.807, 2.05) is 71.0 Å². The first-order valence-corrected chi connectivity index (χ1v) is 11.4. The Morgan fingerprint density at radius 2 is 1.73 bits per heavy atom. The molecule has 3 aromatic rings. The van der Waals surface area contributed by atoms with E-state index in [1.54, 1.807) is 0 Å². The maximum Gasteiger partial charge on any atom is 0.233 e. The zero-order chi connectivity index (χ0) is 20.8. The molecule has 1 aliphatic heterocycles. The number of nitrogens with zero attached hydrogens (tertiary/aromatic N) is 4. The molecule has 0 aliphatic carbocycles. The van der Waals surface area contributed by atoms with Gasteiger partial charge in [0.25, 0.3) is 0 Å². The number of likely N-dealkylation sites (tertiary alicyclic amines) is 1. The summed E-state index contributed by atoms with van der Waals surface area (Å²) in [5.74, 6) is 2.11. The highest BCUT2D eigenvalue weighted by atomic mass is 32.2. The van der Waals surface area contributed by atoms with Crippen LogP contribution in [0.15, 0.2) is 59.8 Å². The van der Waals surface area contributed by atoms with E-state index in [1.165, 1.54) is 18.2 Å². The number of carbonyl (C=O) groups excluding carboxylic acids is 1. The maximum atomic E-state index is 12.6. The molecule has 0 unspecified atom stereocenters. The van der Waals surface area contributed by atoms with Crippen molar-refractivity contribution in [2.24, 2.45) is 0 Å². The van der Waals surface area contributed by atoms with Crippen LogP contribution in [0.2, 0.25) is 0 Å². The van der Waals surface area contributed by atoms with E-state index in [9.17, 15) is 4.79 Å². The molecule has 2 aromatic carbocycles. The van der Waals surface area contributed by atoms with Crippen molar-refractivity contribution < 1.29 is 9.53 Å². The Bertz CT molecular complexity index is 967. The van der Waals surface area contributed by atoms with Crippen LogP contribution in [0.3, 0.4) is 0 Å². The number of ether oxygens (including phenoxy) is 1. The zero-order valence-corrected chi connectivity index (χ0v) is 18.0. The Hall–Kier alpha value is -2.80. The maximum absolute atomic E-state index is 12.6. The summed E-state index contributed by atoms with van der Waals surface area (Å²) >= 11 is 1.44. The molecular weight excluding hydrogens is 396 g/mol. The second-order valence-electron chi connectivity index (χ2n) is 7.16. The van der Waals surface area contributed by atoms with E-state index in [0.29, 0.717) is 17.5 Å². The van der Waals surface area contributed by atoms with Gasteiger partial charge in [0.05, 0.1) is 12.4 Å². The number of hydrogen-bond donors (Lipinski definition) is 0. The third-order valence-corrected chi connectivity index (χ3v) is 6.02. The van der Waals surface area contributed by atoms with Crippen LogP contribution in [0.1, 0.15) is 26.2 Å². The van der Waals surface area contributed by atoms with Crippen LogP contribution in [0.5, 0.6) is 5.75 Å². The Morgan fingerprint density at radius 3 is 2.43 bits per heavy atom. The first-order valence-electron chi connectivity index (χ1n) is 10.4. The number of amides is 1. The number of rotatable bonds is 7. The Balaban J connectivity index is 1.61. The summed E-state index contributed by atoms with van der Waals surface area (Å²) in [6, 6.07) is 17.9. The average Bonchev–Trinajstić information content (AvgIpc) is 3.23. The predicted octanol–water partition coefficient (Wildman–Crippen LogP) is 4.44. The Kier molecular flexibility index (Phi) is 6.69. The van der Waals surface area contributed by atoms with E-state index in [-0.39, 0.29) is 5.91 Å². The number of aromatic nitrogens is 3. The summed E-state index contributed by atoms with van der Waals surface area (Å²) < 4.78 is 7.59. The largest absolute Gasteiger partial charge is 0.494 e. The molecule has 4 rings (SSSR count). The Morgan fingerprint density at radius 1 is 1.00 bits per heavy atom. The molecule has 156 valence electrons. The number of benzene rings is 2. The monoisotopic (exact) mass is 422 g/mol. The topological polar surface area (TPSA) is 60.2 Å². The highest BCUT2D eigenvalue weighted by molar-refractivity contribution is 7.99. The zero-order valence-electron chi connectivity index (χ0n) is 17.2. The minimum absolute atomic E-state index is 0.169. The standard InChI is InChI=1S/C23H26N4O2S/c1-2-29-20-13-11-19(12-14-20)27-22(18-9-5-3-6-10-18)24-25-23(27)30-17-21(28)26-15-7-4-8-16-26/h3,5-6,9-14H,2,4,7-8,15-17H2,1H3. The van der Waals surface area contributed by atoms with Gasteiger partial charge in [-0.1, -0.05) is 42.1 Å². The quantitative estimate of drug-likeness (QED) is 0.527. The van der Waals surface area contributed by atoms with Crippen LogP contribution in [-0.4, -0.2) is 51.0 Å². The third kappa shape index (κ3) is 4.67. The Labute approximate surface area is 181 Å². The first-order chi connectivity index (χ1) is 14.8. The van der Waals surface area contributed by atoms with Crippen molar-refractivity contribution in [2.75, 3.05) is 25.4 Å². The van der Waals surface area contributed by atoms with Crippen LogP contribution in [0.4, 0.5) is 0 Å². The number of carbonyl (C=O) groups is 1. The molecule has 0 radical (unpaired) electrons. The number of hydrogen-bond acceptors (Lipinski definition) is 5. The first kappa shape index (κ1) is 20.5. The molecular formula is C23H26N4O2S. The van der Waals surface area contributed by atoms with E-state index < -0.39 is 0 Å². The van der Waals surface area contributed by atoms with Crippen molar-refractivity contribution in [3.8, 4) is 22.8 Å². The van der Waals surface area contributed by atoms with E-state index in [2.05, 4.69) is 10.2 Å². The molecule has 1 saturated heterocycles. The fourth-order valence-corrected chi connectivity index (χ4v) is 4.44. The van der Waals surface area contributed by atoms with Gasteiger partial charge in [-0.15, -0.1) is 10.2 Å². The molecule has 0 saturated carbocycles. The molecule has 0 bridgehead atoms. The fraction of sp³-hybridized carbons (Fsp3) is 0.348. The van der Waals surface area contributed by atoms with Gasteiger partial charge in [0.1, 0.15) is 5.75 Å². The van der Waals surface area contributed by atoms with Gasteiger partial charge in [-0.25, -0.2) is 0 Å². The molecule has 1 amide bonds. The summed E-state index contributed by atoms with van der Waals surface area (Å²) in [7, 11) is 0. The lowest BCUT2D eigenvalue weighted by Crippen LogP contribution is -2.36. The van der Waals surface area contributed by atoms with Crippen molar-refractivity contribution in [1.82, 2.24) is 19.7 Å². The van der Waals surface area contributed by atoms with Crippen molar-refractivity contribution in [1.29, 1.82) is 0 Å². The summed E-state index contributed by atoms with van der Waals surface area (Å²) in [5, 5.41) is 9.58. The van der Waals surface area contributed by atoms with Crippen molar-refractivity contribution >= 4 is 17.7 Å². The molecule has 2 heterocycles. The van der Waals surface area contributed by atoms with Gasteiger partial charge in [-0.3, -0.25) is 9.36 Å². The van der Waals surface area contributed by atoms with Crippen molar-refractivity contribution in [2.45, 2.75) is 31.3 Å². The second kappa shape index (κ2) is 9.80. The molecule has 1 fully saturated rings. The van der Waals surface area contributed by atoms with E-state index in [4.69, 9.17) is 4.74 Å². The summed E-state index contributed by atoms with van der Waals surface area (Å²) in [6.45, 7) is 4.32. The van der Waals surface area contributed by atoms with Crippen LogP contribution < -0.4 is 4.74 Å². The van der Waals surface area contributed by atoms with Crippen LogP contribution in [0.25, 0.3) is 17.1 Å². The fourth-order valence-electron chi connectivity index (χ4n) is 3.59. The minimum Gasteiger partial charge on any atom is -0.494 e. The molecule has 6 nitrogen and oxygen atoms in total. The van der Waals surface area contributed by atoms with Gasteiger partial charge < -0.3 is 9.64 Å². The van der Waals surface area contributed by atoms with Gasteiger partial charge in [0.2, 0.25) is 5.91 Å². The van der Waals surface area contributed by atoms with Gasteiger partial charge in [-0.05, 0) is 50.5 Å². The van der Waals surface area contributed by atoms with E-state index >= 15 is 0 Å². The van der Waals surface area contributed by atoms with Crippen molar-refractivity contribution in [3.05, 3.63) is 54.6 Å². The van der Waals surface area contributed by atoms with Gasteiger partial charge in [0.15, 0.2) is 11.0 Å². The summed E-state index contributed by atoms with van der Waals surface area (Å²) in [4.78, 5) is 14.6. The highest BCUT2D eigenvalue weighted by Crippen LogP contribution is 2.29. The minimum atomic E-state index is 0.169. The summed E-state index contributed by atoms with van der Waals surface area (Å²) in [6.07, 6.45) is 3.40. The molecule has 30 heavy (non-hydrogen) atoms. The van der Waals surface area contributed by atoms with Crippen LogP contribution in [-0.2, 0) is 4.79 Å². The van der Waals surface area contributed by atoms with Crippen LogP contribution >= 0.6 is 11.8 Å².